The first-order valence-electron chi connectivity index (χ1n) is 3.77. The summed E-state index contributed by atoms with van der Waals surface area (Å²) in [5, 5.41) is 8.72. The summed E-state index contributed by atoms with van der Waals surface area (Å²) in [5.74, 6) is -0.311. The van der Waals surface area contributed by atoms with E-state index in [0.29, 0.717) is 5.56 Å². The molecule has 0 spiro atoms. The quantitative estimate of drug-likeness (QED) is 0.697. The number of nitrogens with two attached hydrogens (primary N) is 1. The van der Waals surface area contributed by atoms with Crippen molar-refractivity contribution in [3.05, 3.63) is 35.1 Å². The summed E-state index contributed by atoms with van der Waals surface area (Å²) in [6.07, 6.45) is 0. The maximum Gasteiger partial charge on any atom is 0.123 e. The van der Waals surface area contributed by atoms with Crippen LogP contribution in [0.1, 0.15) is 17.2 Å². The predicted octanol–water partition coefficient (Wildman–Crippen LogP) is 1.13. The van der Waals surface area contributed by atoms with Gasteiger partial charge in [-0.15, -0.1) is 0 Å². The molecule has 0 fully saturated rings. The van der Waals surface area contributed by atoms with E-state index in [9.17, 15) is 4.39 Å². The molecule has 0 aliphatic carbocycles. The highest BCUT2D eigenvalue weighted by Gasteiger charge is 2.05. The van der Waals surface area contributed by atoms with Crippen LogP contribution in [0.2, 0.25) is 0 Å². The average molecular weight is 169 g/mol. The smallest absolute Gasteiger partial charge is 0.123 e. The highest BCUT2D eigenvalue weighted by Crippen LogP contribution is 2.13. The number of aryl methyl sites for hydroxylation is 1. The molecule has 12 heavy (non-hydrogen) atoms. The molecule has 1 aromatic rings. The molecular weight excluding hydrogens is 157 g/mol. The van der Waals surface area contributed by atoms with E-state index in [4.69, 9.17) is 10.8 Å². The van der Waals surface area contributed by atoms with Crippen molar-refractivity contribution in [1.82, 2.24) is 0 Å². The summed E-state index contributed by atoms with van der Waals surface area (Å²) in [7, 11) is 0. The van der Waals surface area contributed by atoms with E-state index in [1.807, 2.05) is 0 Å². The van der Waals surface area contributed by atoms with Crippen LogP contribution < -0.4 is 5.73 Å². The van der Waals surface area contributed by atoms with Crippen molar-refractivity contribution in [2.45, 2.75) is 13.0 Å². The molecule has 1 rings (SSSR count). The molecule has 0 unspecified atom stereocenters. The second-order valence-corrected chi connectivity index (χ2v) is 2.85. The Hall–Kier alpha value is -0.930. The van der Waals surface area contributed by atoms with Gasteiger partial charge in [0.15, 0.2) is 0 Å². The van der Waals surface area contributed by atoms with Gasteiger partial charge in [-0.05, 0) is 30.2 Å². The molecule has 0 aliphatic heterocycles. The van der Waals surface area contributed by atoms with Crippen LogP contribution in [0.25, 0.3) is 0 Å². The topological polar surface area (TPSA) is 46.2 Å². The van der Waals surface area contributed by atoms with Gasteiger partial charge in [-0.1, -0.05) is 6.07 Å². The number of halogens is 1. The van der Waals surface area contributed by atoms with Crippen LogP contribution in [-0.2, 0) is 0 Å². The number of aliphatic hydroxyl groups excluding tert-OH is 1. The molecule has 1 atom stereocenters. The lowest BCUT2D eigenvalue weighted by Crippen LogP contribution is -2.14. The highest BCUT2D eigenvalue weighted by molar-refractivity contribution is 5.25. The fraction of sp³-hybridized carbons (Fsp3) is 0.333. The summed E-state index contributed by atoms with van der Waals surface area (Å²) in [4.78, 5) is 0. The Balaban J connectivity index is 3.00. The standard InChI is InChI=1S/C9H12FNO/c1-6-2-7(9(11)5-12)4-8(10)3-6/h2-4,9,12H,5,11H2,1H3/t9-/m1/s1. The van der Waals surface area contributed by atoms with Crippen molar-refractivity contribution in [3.8, 4) is 0 Å². The van der Waals surface area contributed by atoms with Gasteiger partial charge in [0.25, 0.3) is 0 Å². The van der Waals surface area contributed by atoms with Crippen molar-refractivity contribution < 1.29 is 9.50 Å². The number of benzene rings is 1. The van der Waals surface area contributed by atoms with E-state index < -0.39 is 6.04 Å². The molecule has 3 heteroatoms. The Morgan fingerprint density at radius 3 is 2.67 bits per heavy atom. The third-order valence-electron chi connectivity index (χ3n) is 1.69. The first kappa shape index (κ1) is 9.16. The van der Waals surface area contributed by atoms with Crippen molar-refractivity contribution in [2.24, 2.45) is 5.73 Å². The molecule has 0 saturated heterocycles. The minimum absolute atomic E-state index is 0.164. The van der Waals surface area contributed by atoms with Crippen LogP contribution in [0.15, 0.2) is 18.2 Å². The largest absolute Gasteiger partial charge is 0.394 e. The highest BCUT2D eigenvalue weighted by atomic mass is 19.1. The molecule has 0 bridgehead atoms. The van der Waals surface area contributed by atoms with Gasteiger partial charge in [-0.25, -0.2) is 4.39 Å². The summed E-state index contributed by atoms with van der Waals surface area (Å²) in [6, 6.07) is 4.05. The van der Waals surface area contributed by atoms with Gasteiger partial charge in [0.1, 0.15) is 5.82 Å². The van der Waals surface area contributed by atoms with E-state index in [2.05, 4.69) is 0 Å². The zero-order chi connectivity index (χ0) is 9.14. The van der Waals surface area contributed by atoms with Crippen LogP contribution >= 0.6 is 0 Å². The lowest BCUT2D eigenvalue weighted by molar-refractivity contribution is 0.267. The summed E-state index contributed by atoms with van der Waals surface area (Å²) in [5.41, 5.74) is 6.96. The Morgan fingerprint density at radius 2 is 2.17 bits per heavy atom. The fourth-order valence-electron chi connectivity index (χ4n) is 1.08. The summed E-state index contributed by atoms with van der Waals surface area (Å²) < 4.78 is 12.8. The Kier molecular flexibility index (Phi) is 2.78. The zero-order valence-corrected chi connectivity index (χ0v) is 6.92. The molecule has 0 aliphatic rings. The van der Waals surface area contributed by atoms with E-state index in [0.717, 1.165) is 5.56 Å². The average Bonchev–Trinajstić information content (AvgIpc) is 2.01. The fourth-order valence-corrected chi connectivity index (χ4v) is 1.08. The van der Waals surface area contributed by atoms with E-state index in [1.165, 1.54) is 12.1 Å². The summed E-state index contributed by atoms with van der Waals surface area (Å²) >= 11 is 0. The van der Waals surface area contributed by atoms with Crippen LogP contribution in [0.4, 0.5) is 4.39 Å². The maximum atomic E-state index is 12.8. The number of rotatable bonds is 2. The van der Waals surface area contributed by atoms with E-state index >= 15 is 0 Å². The zero-order valence-electron chi connectivity index (χ0n) is 6.92. The van der Waals surface area contributed by atoms with Crippen LogP contribution in [-0.4, -0.2) is 11.7 Å². The molecule has 66 valence electrons. The minimum Gasteiger partial charge on any atom is -0.394 e. The third-order valence-corrected chi connectivity index (χ3v) is 1.69. The summed E-state index contributed by atoms with van der Waals surface area (Å²) in [6.45, 7) is 1.62. The maximum absolute atomic E-state index is 12.8. The monoisotopic (exact) mass is 169 g/mol. The lowest BCUT2D eigenvalue weighted by atomic mass is 10.1. The Labute approximate surface area is 70.8 Å². The van der Waals surface area contributed by atoms with Gasteiger partial charge in [-0.3, -0.25) is 0 Å². The van der Waals surface area contributed by atoms with Crippen molar-refractivity contribution in [3.63, 3.8) is 0 Å². The molecule has 0 aromatic heterocycles. The molecular formula is C9H12FNO. The van der Waals surface area contributed by atoms with Crippen molar-refractivity contribution in [2.75, 3.05) is 6.61 Å². The number of hydrogen-bond donors (Lipinski definition) is 2. The molecule has 3 N–H and O–H groups in total. The molecule has 1 aromatic carbocycles. The second kappa shape index (κ2) is 3.65. The van der Waals surface area contributed by atoms with Gasteiger partial charge in [0, 0.05) is 0 Å². The third kappa shape index (κ3) is 2.03. The number of aliphatic hydroxyl groups is 1. The van der Waals surface area contributed by atoms with E-state index in [1.54, 1.807) is 13.0 Å². The van der Waals surface area contributed by atoms with Crippen molar-refractivity contribution in [1.29, 1.82) is 0 Å². The molecule has 0 saturated carbocycles. The molecule has 2 nitrogen and oxygen atoms in total. The Morgan fingerprint density at radius 1 is 1.50 bits per heavy atom. The predicted molar refractivity (Wildman–Crippen MR) is 45.2 cm³/mol. The van der Waals surface area contributed by atoms with Gasteiger partial charge in [-0.2, -0.15) is 0 Å². The Bertz CT molecular complexity index is 255. The first-order chi connectivity index (χ1) is 5.63. The number of hydrogen-bond acceptors (Lipinski definition) is 2. The van der Waals surface area contributed by atoms with Gasteiger partial charge >= 0.3 is 0 Å². The lowest BCUT2D eigenvalue weighted by Gasteiger charge is -2.08. The van der Waals surface area contributed by atoms with Crippen LogP contribution in [0, 0.1) is 12.7 Å². The first-order valence-corrected chi connectivity index (χ1v) is 3.77. The van der Waals surface area contributed by atoms with Crippen LogP contribution in [0.5, 0.6) is 0 Å². The van der Waals surface area contributed by atoms with Gasteiger partial charge in [0.05, 0.1) is 12.6 Å². The normalized spacial score (nSPS) is 13.0. The van der Waals surface area contributed by atoms with Gasteiger partial charge < -0.3 is 10.8 Å². The van der Waals surface area contributed by atoms with E-state index in [-0.39, 0.29) is 12.4 Å². The molecule has 0 heterocycles. The van der Waals surface area contributed by atoms with Gasteiger partial charge in [0.2, 0.25) is 0 Å². The minimum atomic E-state index is -0.487. The van der Waals surface area contributed by atoms with Crippen molar-refractivity contribution >= 4 is 0 Å². The SMILES string of the molecule is Cc1cc(F)cc([C@H](N)CO)c1. The van der Waals surface area contributed by atoms with Crippen LogP contribution in [0.3, 0.4) is 0 Å². The molecule has 0 amide bonds. The second-order valence-electron chi connectivity index (χ2n) is 2.85. The molecule has 0 radical (unpaired) electrons.